The molecule has 0 bridgehead atoms. The van der Waals surface area contributed by atoms with E-state index >= 15 is 0 Å². The Morgan fingerprint density at radius 1 is 1.27 bits per heavy atom. The van der Waals surface area contributed by atoms with Gasteiger partial charge in [-0.1, -0.05) is 11.6 Å². The lowest BCUT2D eigenvalue weighted by atomic mass is 9.97. The number of halogens is 1. The SMILES string of the molecule is O=C(O)c1ccc(Cl)c2c1CCNCC2. The number of carboxylic acid groups (broad SMARTS) is 1. The molecule has 0 atom stereocenters. The van der Waals surface area contributed by atoms with Crippen molar-refractivity contribution in [1.82, 2.24) is 5.32 Å². The van der Waals surface area contributed by atoms with Crippen molar-refractivity contribution in [2.24, 2.45) is 0 Å². The van der Waals surface area contributed by atoms with Crippen molar-refractivity contribution in [1.29, 1.82) is 0 Å². The molecule has 0 fully saturated rings. The Kier molecular flexibility index (Phi) is 2.93. The number of carbonyl (C=O) groups is 1. The summed E-state index contributed by atoms with van der Waals surface area (Å²) in [7, 11) is 0. The van der Waals surface area contributed by atoms with E-state index in [2.05, 4.69) is 5.32 Å². The molecule has 2 rings (SSSR count). The number of carboxylic acids is 1. The van der Waals surface area contributed by atoms with Crippen LogP contribution in [0.2, 0.25) is 5.02 Å². The fourth-order valence-electron chi connectivity index (χ4n) is 1.97. The molecule has 3 nitrogen and oxygen atoms in total. The van der Waals surface area contributed by atoms with Gasteiger partial charge in [0.2, 0.25) is 0 Å². The summed E-state index contributed by atoms with van der Waals surface area (Å²) < 4.78 is 0. The Hall–Kier alpha value is -1.06. The molecule has 0 unspecified atom stereocenters. The Morgan fingerprint density at radius 3 is 2.60 bits per heavy atom. The van der Waals surface area contributed by atoms with Gasteiger partial charge in [0.15, 0.2) is 0 Å². The quantitative estimate of drug-likeness (QED) is 0.765. The van der Waals surface area contributed by atoms with Crippen LogP contribution in [0.15, 0.2) is 12.1 Å². The molecule has 0 amide bonds. The summed E-state index contributed by atoms with van der Waals surface area (Å²) in [5, 5.41) is 13.0. The average Bonchev–Trinajstić information content (AvgIpc) is 2.43. The van der Waals surface area contributed by atoms with Gasteiger partial charge in [0.25, 0.3) is 0 Å². The average molecular weight is 226 g/mol. The minimum atomic E-state index is -0.871. The van der Waals surface area contributed by atoms with Crippen LogP contribution in [0.5, 0.6) is 0 Å². The predicted octanol–water partition coefficient (Wildman–Crippen LogP) is 1.73. The van der Waals surface area contributed by atoms with Gasteiger partial charge in [0.1, 0.15) is 0 Å². The van der Waals surface area contributed by atoms with E-state index in [4.69, 9.17) is 16.7 Å². The molecule has 0 aromatic heterocycles. The van der Waals surface area contributed by atoms with Gasteiger partial charge in [-0.2, -0.15) is 0 Å². The molecular formula is C11H12ClNO2. The fraction of sp³-hybridized carbons (Fsp3) is 0.364. The van der Waals surface area contributed by atoms with Crippen molar-refractivity contribution in [2.75, 3.05) is 13.1 Å². The lowest BCUT2D eigenvalue weighted by Gasteiger charge is -2.10. The highest BCUT2D eigenvalue weighted by atomic mass is 35.5. The van der Waals surface area contributed by atoms with Crippen molar-refractivity contribution >= 4 is 17.6 Å². The Morgan fingerprint density at radius 2 is 1.93 bits per heavy atom. The number of fused-ring (bicyclic) bond motifs is 1. The lowest BCUT2D eigenvalue weighted by Crippen LogP contribution is -2.16. The second-order valence-corrected chi connectivity index (χ2v) is 4.01. The van der Waals surface area contributed by atoms with Gasteiger partial charge in [0, 0.05) is 5.02 Å². The van der Waals surface area contributed by atoms with Gasteiger partial charge in [-0.15, -0.1) is 0 Å². The first-order chi connectivity index (χ1) is 7.20. The lowest BCUT2D eigenvalue weighted by molar-refractivity contribution is 0.0695. The zero-order valence-corrected chi connectivity index (χ0v) is 8.97. The first-order valence-corrected chi connectivity index (χ1v) is 5.32. The third kappa shape index (κ3) is 1.98. The molecule has 1 aromatic rings. The normalized spacial score (nSPS) is 15.5. The second kappa shape index (κ2) is 4.21. The van der Waals surface area contributed by atoms with E-state index in [1.54, 1.807) is 12.1 Å². The number of aromatic carboxylic acids is 1. The van der Waals surface area contributed by atoms with Crippen molar-refractivity contribution in [3.8, 4) is 0 Å². The highest BCUT2D eigenvalue weighted by molar-refractivity contribution is 6.31. The molecule has 4 heteroatoms. The van der Waals surface area contributed by atoms with Crippen molar-refractivity contribution in [3.63, 3.8) is 0 Å². The van der Waals surface area contributed by atoms with Crippen LogP contribution in [0, 0.1) is 0 Å². The van der Waals surface area contributed by atoms with Crippen LogP contribution in [0.4, 0.5) is 0 Å². The molecule has 0 radical (unpaired) electrons. The topological polar surface area (TPSA) is 49.3 Å². The number of nitrogens with one attached hydrogen (secondary N) is 1. The third-order valence-corrected chi connectivity index (χ3v) is 3.06. The maximum Gasteiger partial charge on any atom is 0.335 e. The molecule has 1 heterocycles. The Bertz CT molecular complexity index is 404. The smallest absolute Gasteiger partial charge is 0.335 e. The van der Waals surface area contributed by atoms with Crippen LogP contribution < -0.4 is 5.32 Å². The van der Waals surface area contributed by atoms with E-state index in [0.717, 1.165) is 37.1 Å². The van der Waals surface area contributed by atoms with Gasteiger partial charge in [-0.05, 0) is 49.2 Å². The minimum Gasteiger partial charge on any atom is -0.478 e. The molecule has 15 heavy (non-hydrogen) atoms. The number of hydrogen-bond donors (Lipinski definition) is 2. The van der Waals surface area contributed by atoms with Crippen LogP contribution in [0.25, 0.3) is 0 Å². The number of hydrogen-bond acceptors (Lipinski definition) is 2. The molecule has 2 N–H and O–H groups in total. The van der Waals surface area contributed by atoms with Crippen molar-refractivity contribution in [3.05, 3.63) is 33.8 Å². The monoisotopic (exact) mass is 225 g/mol. The minimum absolute atomic E-state index is 0.387. The van der Waals surface area contributed by atoms with Crippen LogP contribution in [0.1, 0.15) is 21.5 Å². The summed E-state index contributed by atoms with van der Waals surface area (Å²) in [5.41, 5.74) is 2.26. The summed E-state index contributed by atoms with van der Waals surface area (Å²) in [6.45, 7) is 1.67. The maximum absolute atomic E-state index is 11.0. The van der Waals surface area contributed by atoms with Gasteiger partial charge in [-0.3, -0.25) is 0 Å². The largest absolute Gasteiger partial charge is 0.478 e. The van der Waals surface area contributed by atoms with E-state index in [1.165, 1.54) is 0 Å². The first-order valence-electron chi connectivity index (χ1n) is 4.94. The fourth-order valence-corrected chi connectivity index (χ4v) is 2.24. The van der Waals surface area contributed by atoms with E-state index < -0.39 is 5.97 Å². The molecule has 0 aliphatic carbocycles. The summed E-state index contributed by atoms with van der Waals surface area (Å²) in [6.07, 6.45) is 1.53. The Balaban J connectivity index is 2.56. The molecule has 0 saturated carbocycles. The molecule has 1 aromatic carbocycles. The van der Waals surface area contributed by atoms with E-state index in [1.807, 2.05) is 0 Å². The van der Waals surface area contributed by atoms with Crippen LogP contribution in [-0.2, 0) is 12.8 Å². The first kappa shape index (κ1) is 10.5. The zero-order chi connectivity index (χ0) is 10.8. The number of benzene rings is 1. The molecular weight excluding hydrogens is 214 g/mol. The predicted molar refractivity (Wildman–Crippen MR) is 58.7 cm³/mol. The van der Waals surface area contributed by atoms with Gasteiger partial charge < -0.3 is 10.4 Å². The maximum atomic E-state index is 11.0. The highest BCUT2D eigenvalue weighted by Gasteiger charge is 2.18. The third-order valence-electron chi connectivity index (χ3n) is 2.71. The molecule has 80 valence electrons. The Labute approximate surface area is 93.1 Å². The van der Waals surface area contributed by atoms with Crippen molar-refractivity contribution < 1.29 is 9.90 Å². The molecule has 1 aliphatic heterocycles. The van der Waals surface area contributed by atoms with E-state index in [-0.39, 0.29) is 0 Å². The molecule has 0 saturated heterocycles. The zero-order valence-electron chi connectivity index (χ0n) is 8.22. The summed E-state index contributed by atoms with van der Waals surface area (Å²) in [4.78, 5) is 11.0. The van der Waals surface area contributed by atoms with Gasteiger partial charge in [0.05, 0.1) is 5.56 Å². The molecule has 0 spiro atoms. The van der Waals surface area contributed by atoms with Gasteiger partial charge in [-0.25, -0.2) is 4.79 Å². The summed E-state index contributed by atoms with van der Waals surface area (Å²) in [5.74, 6) is -0.871. The van der Waals surface area contributed by atoms with Crippen LogP contribution in [0.3, 0.4) is 0 Å². The standard InChI is InChI=1S/C11H12ClNO2/c12-10-2-1-9(11(14)15)7-3-5-13-6-4-8(7)10/h1-2,13H,3-6H2,(H,14,15). The number of rotatable bonds is 1. The molecule has 1 aliphatic rings. The second-order valence-electron chi connectivity index (χ2n) is 3.61. The summed E-state index contributed by atoms with van der Waals surface area (Å²) >= 11 is 6.07. The van der Waals surface area contributed by atoms with Crippen LogP contribution >= 0.6 is 11.6 Å². The van der Waals surface area contributed by atoms with Crippen LogP contribution in [-0.4, -0.2) is 24.2 Å². The van der Waals surface area contributed by atoms with Crippen molar-refractivity contribution in [2.45, 2.75) is 12.8 Å². The summed E-state index contributed by atoms with van der Waals surface area (Å²) in [6, 6.07) is 3.27. The highest BCUT2D eigenvalue weighted by Crippen LogP contribution is 2.25. The van der Waals surface area contributed by atoms with Gasteiger partial charge >= 0.3 is 5.97 Å². The van der Waals surface area contributed by atoms with E-state index in [0.29, 0.717) is 10.6 Å². The van der Waals surface area contributed by atoms with E-state index in [9.17, 15) is 4.79 Å².